The van der Waals surface area contributed by atoms with Crippen LogP contribution < -0.4 is 4.74 Å². The van der Waals surface area contributed by atoms with Crippen LogP contribution in [-0.2, 0) is 17.6 Å². The van der Waals surface area contributed by atoms with Gasteiger partial charge in [-0.05, 0) is 29.3 Å². The van der Waals surface area contributed by atoms with E-state index in [-0.39, 0.29) is 5.78 Å². The summed E-state index contributed by atoms with van der Waals surface area (Å²) < 4.78 is 6.12. The fourth-order valence-electron chi connectivity index (χ4n) is 1.91. The number of halogens is 1. The summed E-state index contributed by atoms with van der Waals surface area (Å²) in [5.41, 5.74) is 2.01. The number of methoxy groups -OCH3 is 1. The van der Waals surface area contributed by atoms with Crippen molar-refractivity contribution in [3.8, 4) is 5.75 Å². The third-order valence-electron chi connectivity index (χ3n) is 2.88. The minimum absolute atomic E-state index is 0.195. The lowest BCUT2D eigenvalue weighted by atomic mass is 10.0. The van der Waals surface area contributed by atoms with Crippen LogP contribution in [0.15, 0.2) is 53.0 Å². The van der Waals surface area contributed by atoms with Crippen molar-refractivity contribution in [1.29, 1.82) is 0 Å². The van der Waals surface area contributed by atoms with Gasteiger partial charge in [0.15, 0.2) is 0 Å². The van der Waals surface area contributed by atoms with Crippen molar-refractivity contribution in [3.05, 3.63) is 64.1 Å². The van der Waals surface area contributed by atoms with Crippen molar-refractivity contribution < 1.29 is 9.53 Å². The molecule has 0 saturated heterocycles. The summed E-state index contributed by atoms with van der Waals surface area (Å²) in [6, 6.07) is 15.5. The minimum atomic E-state index is 0.195. The van der Waals surface area contributed by atoms with Crippen LogP contribution in [0.2, 0.25) is 0 Å². The summed E-state index contributed by atoms with van der Waals surface area (Å²) in [6.45, 7) is 0. The second kappa shape index (κ2) is 6.53. The van der Waals surface area contributed by atoms with Gasteiger partial charge in [0, 0.05) is 17.3 Å². The molecule has 0 spiro atoms. The van der Waals surface area contributed by atoms with Gasteiger partial charge in [-0.2, -0.15) is 0 Å². The van der Waals surface area contributed by atoms with Crippen LogP contribution in [0.25, 0.3) is 0 Å². The zero-order valence-electron chi connectivity index (χ0n) is 10.7. The average Bonchev–Trinajstić information content (AvgIpc) is 2.42. The Hall–Kier alpha value is -1.61. The number of rotatable bonds is 5. The van der Waals surface area contributed by atoms with Crippen LogP contribution in [0.5, 0.6) is 5.75 Å². The molecule has 98 valence electrons. The summed E-state index contributed by atoms with van der Waals surface area (Å²) in [7, 11) is 1.62. The first-order valence-electron chi connectivity index (χ1n) is 6.07. The lowest BCUT2D eigenvalue weighted by Gasteiger charge is -2.07. The number of benzene rings is 2. The maximum absolute atomic E-state index is 12.1. The van der Waals surface area contributed by atoms with Crippen molar-refractivity contribution in [2.45, 2.75) is 12.8 Å². The molecular weight excluding hydrogens is 304 g/mol. The molecule has 0 atom stereocenters. The van der Waals surface area contributed by atoms with Crippen molar-refractivity contribution in [3.63, 3.8) is 0 Å². The predicted octanol–water partition coefficient (Wildman–Crippen LogP) is 3.81. The lowest BCUT2D eigenvalue weighted by molar-refractivity contribution is -0.117. The van der Waals surface area contributed by atoms with E-state index < -0.39 is 0 Å². The maximum atomic E-state index is 12.1. The molecule has 19 heavy (non-hydrogen) atoms. The summed E-state index contributed by atoms with van der Waals surface area (Å²) in [5, 5.41) is 0. The van der Waals surface area contributed by atoms with Crippen LogP contribution >= 0.6 is 15.9 Å². The highest BCUT2D eigenvalue weighted by Crippen LogP contribution is 2.23. The third kappa shape index (κ3) is 3.93. The molecule has 0 amide bonds. The van der Waals surface area contributed by atoms with Gasteiger partial charge >= 0.3 is 0 Å². The Balaban J connectivity index is 2.06. The fraction of sp³-hybridized carbons (Fsp3) is 0.188. The first-order chi connectivity index (χ1) is 9.19. The summed E-state index contributed by atoms with van der Waals surface area (Å²) in [5.74, 6) is 0.964. The first-order valence-corrected chi connectivity index (χ1v) is 6.86. The van der Waals surface area contributed by atoms with Gasteiger partial charge in [0.2, 0.25) is 0 Å². The van der Waals surface area contributed by atoms with Gasteiger partial charge < -0.3 is 4.74 Å². The van der Waals surface area contributed by atoms with Gasteiger partial charge in [0.05, 0.1) is 7.11 Å². The van der Waals surface area contributed by atoms with Crippen LogP contribution in [0, 0.1) is 0 Å². The van der Waals surface area contributed by atoms with Crippen molar-refractivity contribution in [2.24, 2.45) is 0 Å². The first kappa shape index (κ1) is 13.8. The molecule has 2 aromatic carbocycles. The molecule has 0 fully saturated rings. The van der Waals surface area contributed by atoms with Gasteiger partial charge in [-0.25, -0.2) is 0 Å². The largest absolute Gasteiger partial charge is 0.497 e. The second-order valence-corrected chi connectivity index (χ2v) is 5.19. The van der Waals surface area contributed by atoms with E-state index in [1.54, 1.807) is 7.11 Å². The molecule has 0 heterocycles. The molecule has 0 radical (unpaired) electrons. The van der Waals surface area contributed by atoms with Crippen LogP contribution in [0.1, 0.15) is 11.1 Å². The Morgan fingerprint density at radius 1 is 1.11 bits per heavy atom. The summed E-state index contributed by atoms with van der Waals surface area (Å²) in [6.07, 6.45) is 0.872. The zero-order valence-corrected chi connectivity index (χ0v) is 12.3. The number of carbonyl (C=O) groups is 1. The van der Waals surface area contributed by atoms with E-state index in [0.717, 1.165) is 21.3 Å². The quantitative estimate of drug-likeness (QED) is 0.838. The van der Waals surface area contributed by atoms with E-state index in [2.05, 4.69) is 15.9 Å². The van der Waals surface area contributed by atoms with Gasteiger partial charge in [-0.3, -0.25) is 4.79 Å². The molecule has 0 saturated carbocycles. The molecule has 2 aromatic rings. The molecule has 0 unspecified atom stereocenters. The van der Waals surface area contributed by atoms with Crippen LogP contribution in [0.3, 0.4) is 0 Å². The maximum Gasteiger partial charge on any atom is 0.141 e. The summed E-state index contributed by atoms with van der Waals surface area (Å²) in [4.78, 5) is 12.1. The molecule has 0 bridgehead atoms. The molecule has 0 aromatic heterocycles. The SMILES string of the molecule is COc1ccc(Br)c(CC(=O)Cc2ccccc2)c1. The van der Waals surface area contributed by atoms with Crippen molar-refractivity contribution in [1.82, 2.24) is 0 Å². The minimum Gasteiger partial charge on any atom is -0.497 e. The molecule has 2 nitrogen and oxygen atoms in total. The Bertz CT molecular complexity index is 564. The highest BCUT2D eigenvalue weighted by molar-refractivity contribution is 9.10. The van der Waals surface area contributed by atoms with Crippen molar-refractivity contribution >= 4 is 21.7 Å². The van der Waals surface area contributed by atoms with Gasteiger partial charge in [-0.1, -0.05) is 46.3 Å². The van der Waals surface area contributed by atoms with Crippen molar-refractivity contribution in [2.75, 3.05) is 7.11 Å². The molecule has 0 aliphatic rings. The van der Waals surface area contributed by atoms with E-state index >= 15 is 0 Å². The number of ether oxygens (including phenoxy) is 1. The Morgan fingerprint density at radius 3 is 2.53 bits per heavy atom. The number of hydrogen-bond acceptors (Lipinski definition) is 2. The highest BCUT2D eigenvalue weighted by atomic mass is 79.9. The lowest BCUT2D eigenvalue weighted by Crippen LogP contribution is -2.07. The predicted molar refractivity (Wildman–Crippen MR) is 79.6 cm³/mol. The van der Waals surface area contributed by atoms with Crippen LogP contribution in [-0.4, -0.2) is 12.9 Å². The molecule has 3 heteroatoms. The molecule has 2 rings (SSSR count). The Kier molecular flexibility index (Phi) is 4.74. The molecule has 0 aliphatic heterocycles. The van der Waals surface area contributed by atoms with Crippen LogP contribution in [0.4, 0.5) is 0 Å². The third-order valence-corrected chi connectivity index (χ3v) is 3.66. The van der Waals surface area contributed by atoms with Gasteiger partial charge in [0.25, 0.3) is 0 Å². The van der Waals surface area contributed by atoms with E-state index in [4.69, 9.17) is 4.74 Å². The Labute approximate surface area is 121 Å². The van der Waals surface area contributed by atoms with E-state index in [9.17, 15) is 4.79 Å². The Morgan fingerprint density at radius 2 is 1.84 bits per heavy atom. The van der Waals surface area contributed by atoms with Gasteiger partial charge in [0.1, 0.15) is 11.5 Å². The topological polar surface area (TPSA) is 26.3 Å². The number of hydrogen-bond donors (Lipinski definition) is 0. The average molecular weight is 319 g/mol. The molecule has 0 aliphatic carbocycles. The zero-order chi connectivity index (χ0) is 13.7. The normalized spacial score (nSPS) is 10.2. The molecular formula is C16H15BrO2. The molecule has 0 N–H and O–H groups in total. The van der Waals surface area contributed by atoms with E-state index in [1.165, 1.54) is 0 Å². The van der Waals surface area contributed by atoms with E-state index in [0.29, 0.717) is 12.8 Å². The standard InChI is InChI=1S/C16H15BrO2/c1-19-15-7-8-16(17)13(11-15)10-14(18)9-12-5-3-2-4-6-12/h2-8,11H,9-10H2,1H3. The summed E-state index contributed by atoms with van der Waals surface area (Å²) >= 11 is 3.47. The number of carbonyl (C=O) groups excluding carboxylic acids is 1. The monoisotopic (exact) mass is 318 g/mol. The second-order valence-electron chi connectivity index (χ2n) is 4.34. The smallest absolute Gasteiger partial charge is 0.141 e. The number of ketones is 1. The number of Topliss-reactive ketones (excluding diaryl/α,β-unsaturated/α-hetero) is 1. The van der Waals surface area contributed by atoms with Gasteiger partial charge in [-0.15, -0.1) is 0 Å². The fourth-order valence-corrected chi connectivity index (χ4v) is 2.30. The highest BCUT2D eigenvalue weighted by Gasteiger charge is 2.09. The van der Waals surface area contributed by atoms with E-state index in [1.807, 2.05) is 48.5 Å².